The van der Waals surface area contributed by atoms with Crippen LogP contribution < -0.4 is 4.90 Å². The Morgan fingerprint density at radius 1 is 1.14 bits per heavy atom. The molecule has 28 heavy (non-hydrogen) atoms. The molecule has 1 aliphatic heterocycles. The van der Waals surface area contributed by atoms with Crippen molar-refractivity contribution in [1.29, 1.82) is 0 Å². The minimum Gasteiger partial charge on any atom is -0.337 e. The summed E-state index contributed by atoms with van der Waals surface area (Å²) in [6.45, 7) is 12.6. The number of nitrogens with zero attached hydrogens (tertiary/aromatic N) is 6. The second-order valence-electron chi connectivity index (χ2n) is 9.48. The molecule has 156 valence electrons. The second kappa shape index (κ2) is 7.93. The average molecular weight is 389 g/mol. The Morgan fingerprint density at radius 3 is 2.46 bits per heavy atom. The van der Waals surface area contributed by atoms with Gasteiger partial charge in [0.25, 0.3) is 0 Å². The highest BCUT2D eigenvalue weighted by Crippen LogP contribution is 2.32. The lowest BCUT2D eigenvalue weighted by Gasteiger charge is -2.54. The van der Waals surface area contributed by atoms with Gasteiger partial charge in [0.2, 0.25) is 11.9 Å². The molecule has 2 aliphatic rings. The molecular formula is C21H36N6O. The van der Waals surface area contributed by atoms with Crippen molar-refractivity contribution >= 4 is 11.9 Å². The fourth-order valence-corrected chi connectivity index (χ4v) is 4.68. The fraction of sp³-hybridized carbons (Fsp3) is 0.810. The minimum atomic E-state index is -0.499. The molecule has 1 aromatic heterocycles. The molecule has 2 heterocycles. The maximum atomic E-state index is 13.1. The van der Waals surface area contributed by atoms with Gasteiger partial charge < -0.3 is 9.80 Å². The predicted octanol–water partition coefficient (Wildman–Crippen LogP) is 2.65. The Kier molecular flexibility index (Phi) is 5.94. The number of carbonyl (C=O) groups excluding carboxylic acids is 1. The molecule has 0 atom stereocenters. The molecule has 0 bridgehead atoms. The number of aryl methyl sites for hydroxylation is 1. The molecule has 7 heteroatoms. The van der Waals surface area contributed by atoms with Gasteiger partial charge in [-0.15, -0.1) is 0 Å². The highest BCUT2D eigenvalue weighted by atomic mass is 16.2. The predicted molar refractivity (Wildman–Crippen MR) is 111 cm³/mol. The largest absolute Gasteiger partial charge is 0.337 e. The molecule has 1 amide bonds. The van der Waals surface area contributed by atoms with Crippen molar-refractivity contribution in [2.24, 2.45) is 0 Å². The second-order valence-corrected chi connectivity index (χ2v) is 9.48. The van der Waals surface area contributed by atoms with Gasteiger partial charge in [-0.05, 0) is 54.5 Å². The Hall–Kier alpha value is -1.76. The van der Waals surface area contributed by atoms with E-state index in [1.54, 1.807) is 6.33 Å². The van der Waals surface area contributed by atoms with Crippen LogP contribution in [0, 0.1) is 6.92 Å². The summed E-state index contributed by atoms with van der Waals surface area (Å²) in [6, 6.07) is 0.444. The number of piperazine rings is 1. The van der Waals surface area contributed by atoms with E-state index < -0.39 is 5.54 Å². The monoisotopic (exact) mass is 388 g/mol. The van der Waals surface area contributed by atoms with Crippen molar-refractivity contribution in [3.8, 4) is 0 Å². The van der Waals surface area contributed by atoms with Gasteiger partial charge in [0.1, 0.15) is 12.2 Å². The van der Waals surface area contributed by atoms with Gasteiger partial charge in [-0.25, -0.2) is 9.97 Å². The third-order valence-corrected chi connectivity index (χ3v) is 6.70. The van der Waals surface area contributed by atoms with E-state index >= 15 is 0 Å². The lowest BCUT2D eigenvalue weighted by Crippen LogP contribution is -2.70. The molecule has 0 radical (unpaired) electrons. The van der Waals surface area contributed by atoms with E-state index in [2.05, 4.69) is 45.6 Å². The van der Waals surface area contributed by atoms with Crippen molar-refractivity contribution in [3.63, 3.8) is 0 Å². The molecule has 1 aliphatic carbocycles. The first-order chi connectivity index (χ1) is 13.1. The first kappa shape index (κ1) is 21.0. The number of hydrogen-bond acceptors (Lipinski definition) is 6. The maximum absolute atomic E-state index is 13.1. The summed E-state index contributed by atoms with van der Waals surface area (Å²) >= 11 is 0. The molecular weight excluding hydrogens is 352 g/mol. The molecule has 1 saturated carbocycles. The molecule has 1 aromatic rings. The van der Waals surface area contributed by atoms with Crippen molar-refractivity contribution in [2.75, 3.05) is 31.6 Å². The van der Waals surface area contributed by atoms with Crippen LogP contribution in [0.3, 0.4) is 0 Å². The highest BCUT2D eigenvalue weighted by molar-refractivity contribution is 5.86. The van der Waals surface area contributed by atoms with Gasteiger partial charge >= 0.3 is 0 Å². The van der Waals surface area contributed by atoms with Gasteiger partial charge in [0.05, 0.1) is 5.54 Å². The number of rotatable bonds is 5. The average Bonchev–Trinajstić information content (AvgIpc) is 2.66. The molecule has 0 aromatic carbocycles. The van der Waals surface area contributed by atoms with Crippen molar-refractivity contribution < 1.29 is 4.79 Å². The minimum absolute atomic E-state index is 0.0587. The van der Waals surface area contributed by atoms with Crippen molar-refractivity contribution in [2.45, 2.75) is 83.8 Å². The number of amides is 1. The van der Waals surface area contributed by atoms with Gasteiger partial charge in [-0.1, -0.05) is 19.3 Å². The van der Waals surface area contributed by atoms with Gasteiger partial charge in [-0.2, -0.15) is 4.98 Å². The van der Waals surface area contributed by atoms with E-state index in [0.29, 0.717) is 12.6 Å². The lowest BCUT2D eigenvalue weighted by molar-refractivity contribution is -0.157. The van der Waals surface area contributed by atoms with Crippen LogP contribution in [0.15, 0.2) is 6.33 Å². The van der Waals surface area contributed by atoms with E-state index in [0.717, 1.165) is 24.9 Å². The summed E-state index contributed by atoms with van der Waals surface area (Å²) in [4.78, 5) is 32.9. The molecule has 2 fully saturated rings. The van der Waals surface area contributed by atoms with Crippen LogP contribution in [0.4, 0.5) is 5.95 Å². The first-order valence-electron chi connectivity index (χ1n) is 10.6. The molecule has 3 rings (SSSR count). The standard InChI is InChI=1S/C21H36N6O/c1-16-22-15-23-19(24-16)27(17-10-8-7-9-11-17)13-12-26-14-20(2,3)25(6)21(4,5)18(26)28/h15,17H,7-14H2,1-6H3. The third-order valence-electron chi connectivity index (χ3n) is 6.70. The Balaban J connectivity index is 1.78. The van der Waals surface area contributed by atoms with Crippen molar-refractivity contribution in [3.05, 3.63) is 12.2 Å². The van der Waals surface area contributed by atoms with Crippen LogP contribution >= 0.6 is 0 Å². The summed E-state index contributed by atoms with van der Waals surface area (Å²) in [7, 11) is 2.05. The number of hydrogen-bond donors (Lipinski definition) is 0. The molecule has 0 spiro atoms. The molecule has 0 unspecified atom stereocenters. The number of aromatic nitrogens is 3. The van der Waals surface area contributed by atoms with Crippen LogP contribution in [0.25, 0.3) is 0 Å². The van der Waals surface area contributed by atoms with Gasteiger partial charge in [-0.3, -0.25) is 9.69 Å². The summed E-state index contributed by atoms with van der Waals surface area (Å²) in [5.41, 5.74) is -0.558. The first-order valence-corrected chi connectivity index (χ1v) is 10.6. The van der Waals surface area contributed by atoms with Crippen LogP contribution in [0.2, 0.25) is 0 Å². The van der Waals surface area contributed by atoms with Crippen LogP contribution in [-0.4, -0.2) is 74.5 Å². The molecule has 0 N–H and O–H groups in total. The summed E-state index contributed by atoms with van der Waals surface area (Å²) in [5, 5.41) is 0. The SMILES string of the molecule is Cc1ncnc(N(CCN2CC(C)(C)N(C)C(C)(C)C2=O)C2CCCCC2)n1. The fourth-order valence-electron chi connectivity index (χ4n) is 4.68. The lowest BCUT2D eigenvalue weighted by atomic mass is 9.87. The summed E-state index contributed by atoms with van der Waals surface area (Å²) in [6.07, 6.45) is 7.73. The van der Waals surface area contributed by atoms with Crippen LogP contribution in [0.5, 0.6) is 0 Å². The van der Waals surface area contributed by atoms with E-state index in [-0.39, 0.29) is 11.4 Å². The van der Waals surface area contributed by atoms with Crippen molar-refractivity contribution in [1.82, 2.24) is 24.8 Å². The Bertz CT molecular complexity index is 698. The topological polar surface area (TPSA) is 65.5 Å². The Labute approximate surface area is 169 Å². The number of carbonyl (C=O) groups is 1. The maximum Gasteiger partial charge on any atom is 0.242 e. The van der Waals surface area contributed by atoms with Gasteiger partial charge in [0.15, 0.2) is 0 Å². The number of anilines is 1. The third kappa shape index (κ3) is 4.14. The highest BCUT2D eigenvalue weighted by Gasteiger charge is 2.48. The zero-order chi connectivity index (χ0) is 20.5. The molecule has 7 nitrogen and oxygen atoms in total. The quantitative estimate of drug-likeness (QED) is 0.773. The summed E-state index contributed by atoms with van der Waals surface area (Å²) in [5.74, 6) is 1.69. The number of likely N-dealkylation sites (N-methyl/N-ethyl adjacent to an activating group) is 1. The van der Waals surface area contributed by atoms with Crippen LogP contribution in [0.1, 0.15) is 65.6 Å². The van der Waals surface area contributed by atoms with E-state index in [1.165, 1.54) is 32.1 Å². The van der Waals surface area contributed by atoms with Gasteiger partial charge in [0, 0.05) is 31.2 Å². The van der Waals surface area contributed by atoms with Crippen LogP contribution in [-0.2, 0) is 4.79 Å². The van der Waals surface area contributed by atoms with E-state index in [1.807, 2.05) is 25.7 Å². The van der Waals surface area contributed by atoms with E-state index in [9.17, 15) is 4.79 Å². The smallest absolute Gasteiger partial charge is 0.242 e. The van der Waals surface area contributed by atoms with E-state index in [4.69, 9.17) is 0 Å². The summed E-state index contributed by atoms with van der Waals surface area (Å²) < 4.78 is 0. The normalized spacial score (nSPS) is 23.1. The zero-order valence-electron chi connectivity index (χ0n) is 18.4. The molecule has 1 saturated heterocycles. The zero-order valence-corrected chi connectivity index (χ0v) is 18.4. The Morgan fingerprint density at radius 2 is 1.82 bits per heavy atom.